The van der Waals surface area contributed by atoms with Crippen LogP contribution in [0.2, 0.25) is 0 Å². The van der Waals surface area contributed by atoms with Gasteiger partial charge in [-0.3, -0.25) is 4.90 Å². The average Bonchev–Trinajstić information content (AvgIpc) is 3.54. The molecular weight excluding hydrogens is 378 g/mol. The van der Waals surface area contributed by atoms with Gasteiger partial charge in [0, 0.05) is 62.8 Å². The van der Waals surface area contributed by atoms with Gasteiger partial charge in [0.2, 0.25) is 0 Å². The average molecular weight is 412 g/mol. The van der Waals surface area contributed by atoms with Crippen molar-refractivity contribution < 1.29 is 10.2 Å². The predicted molar refractivity (Wildman–Crippen MR) is 119 cm³/mol. The molecule has 2 saturated carbocycles. The van der Waals surface area contributed by atoms with E-state index in [0.29, 0.717) is 18.5 Å². The molecular formula is C23H33N5O2. The van der Waals surface area contributed by atoms with Crippen molar-refractivity contribution >= 4 is 22.4 Å². The van der Waals surface area contributed by atoms with Crippen LogP contribution in [0.4, 0.5) is 11.5 Å². The van der Waals surface area contributed by atoms with Crippen LogP contribution in [-0.4, -0.2) is 83.6 Å². The first kappa shape index (κ1) is 20.0. The molecule has 7 heteroatoms. The Kier molecular flexibility index (Phi) is 5.52. The molecule has 0 radical (unpaired) electrons. The summed E-state index contributed by atoms with van der Waals surface area (Å²) in [4.78, 5) is 16.9. The quantitative estimate of drug-likeness (QED) is 0.753. The number of hydrogen-bond donors (Lipinski definition) is 2. The molecule has 3 aliphatic rings. The normalized spacial score (nSPS) is 25.2. The zero-order valence-corrected chi connectivity index (χ0v) is 17.9. The molecule has 0 bridgehead atoms. The van der Waals surface area contributed by atoms with E-state index in [9.17, 15) is 10.2 Å². The fourth-order valence-electron chi connectivity index (χ4n) is 5.01. The van der Waals surface area contributed by atoms with E-state index >= 15 is 0 Å². The number of anilines is 2. The van der Waals surface area contributed by atoms with E-state index in [1.807, 2.05) is 7.05 Å². The summed E-state index contributed by atoms with van der Waals surface area (Å²) >= 11 is 0. The van der Waals surface area contributed by atoms with Gasteiger partial charge >= 0.3 is 0 Å². The molecule has 2 unspecified atom stereocenters. The molecule has 1 saturated heterocycles. The van der Waals surface area contributed by atoms with E-state index in [0.717, 1.165) is 73.7 Å². The van der Waals surface area contributed by atoms with Gasteiger partial charge in [-0.2, -0.15) is 0 Å². The predicted octanol–water partition coefficient (Wildman–Crippen LogP) is 1.97. The highest BCUT2D eigenvalue weighted by atomic mass is 16.3. The topological polar surface area (TPSA) is 76.0 Å². The molecule has 2 aromatic rings. The highest BCUT2D eigenvalue weighted by molar-refractivity contribution is 5.92. The summed E-state index contributed by atoms with van der Waals surface area (Å²) in [5, 5.41) is 20.7. The van der Waals surface area contributed by atoms with Crippen LogP contribution < -0.4 is 9.80 Å². The van der Waals surface area contributed by atoms with Crippen LogP contribution in [-0.2, 0) is 0 Å². The molecule has 30 heavy (non-hydrogen) atoms. The van der Waals surface area contributed by atoms with Gasteiger partial charge in [-0.25, -0.2) is 9.97 Å². The Bertz CT molecular complexity index is 895. The molecule has 7 nitrogen and oxygen atoms in total. The van der Waals surface area contributed by atoms with Gasteiger partial charge in [0.15, 0.2) is 0 Å². The summed E-state index contributed by atoms with van der Waals surface area (Å²) in [7, 11) is 2.00. The Labute approximate surface area is 178 Å². The SMILES string of the molecule is CN(CCO)c1ccc2nc(C3CC3)nc(N3CCN(C4CCCC4O)CC3)c2c1. The lowest BCUT2D eigenvalue weighted by Gasteiger charge is -2.40. The van der Waals surface area contributed by atoms with Crippen LogP contribution in [0.1, 0.15) is 43.8 Å². The monoisotopic (exact) mass is 411 g/mol. The Hall–Kier alpha value is -1.96. The zero-order valence-electron chi connectivity index (χ0n) is 17.9. The third-order valence-electron chi connectivity index (χ3n) is 7.02. The maximum atomic E-state index is 10.3. The number of hydrogen-bond acceptors (Lipinski definition) is 7. The van der Waals surface area contributed by atoms with Crippen molar-refractivity contribution in [1.82, 2.24) is 14.9 Å². The van der Waals surface area contributed by atoms with E-state index in [1.54, 1.807) is 0 Å². The standard InChI is InChI=1S/C23H33N5O2/c1-26(13-14-29)17-7-8-19-18(15-17)23(25-22(24-19)16-5-6-16)28-11-9-27(10-12-28)20-3-2-4-21(20)30/h7-8,15-16,20-21,29-30H,2-6,9-14H2,1H3. The highest BCUT2D eigenvalue weighted by Crippen LogP contribution is 2.40. The Morgan fingerprint density at radius 1 is 1.07 bits per heavy atom. The van der Waals surface area contributed by atoms with Crippen LogP contribution >= 0.6 is 0 Å². The number of aromatic nitrogens is 2. The molecule has 1 aromatic heterocycles. The molecule has 2 N–H and O–H groups in total. The number of aliphatic hydroxyl groups excluding tert-OH is 2. The lowest BCUT2D eigenvalue weighted by atomic mass is 10.1. The first-order chi connectivity index (χ1) is 14.6. The summed E-state index contributed by atoms with van der Waals surface area (Å²) in [6.45, 7) is 4.52. The molecule has 1 aliphatic heterocycles. The Morgan fingerprint density at radius 2 is 1.87 bits per heavy atom. The van der Waals surface area contributed by atoms with Crippen molar-refractivity contribution in [3.8, 4) is 0 Å². The minimum Gasteiger partial charge on any atom is -0.395 e. The van der Waals surface area contributed by atoms with Crippen LogP contribution in [0.25, 0.3) is 10.9 Å². The molecule has 0 spiro atoms. The van der Waals surface area contributed by atoms with Crippen molar-refractivity contribution in [2.24, 2.45) is 0 Å². The minimum absolute atomic E-state index is 0.132. The molecule has 3 fully saturated rings. The maximum Gasteiger partial charge on any atom is 0.140 e. The second kappa shape index (κ2) is 8.29. The molecule has 2 aliphatic carbocycles. The summed E-state index contributed by atoms with van der Waals surface area (Å²) < 4.78 is 0. The highest BCUT2D eigenvalue weighted by Gasteiger charge is 2.34. The van der Waals surface area contributed by atoms with Gasteiger partial charge in [0.05, 0.1) is 18.2 Å². The van der Waals surface area contributed by atoms with E-state index < -0.39 is 0 Å². The first-order valence-electron chi connectivity index (χ1n) is 11.4. The van der Waals surface area contributed by atoms with Gasteiger partial charge in [0.1, 0.15) is 11.6 Å². The van der Waals surface area contributed by atoms with Crippen LogP contribution in [0.15, 0.2) is 18.2 Å². The van der Waals surface area contributed by atoms with Crippen molar-refractivity contribution in [3.63, 3.8) is 0 Å². The fourth-order valence-corrected chi connectivity index (χ4v) is 5.01. The number of piperazine rings is 1. The molecule has 0 amide bonds. The number of likely N-dealkylation sites (N-methyl/N-ethyl adjacent to an activating group) is 1. The van der Waals surface area contributed by atoms with Crippen LogP contribution in [0.3, 0.4) is 0 Å². The third-order valence-corrected chi connectivity index (χ3v) is 7.02. The maximum absolute atomic E-state index is 10.3. The lowest BCUT2D eigenvalue weighted by Crippen LogP contribution is -2.52. The van der Waals surface area contributed by atoms with Gasteiger partial charge in [0.25, 0.3) is 0 Å². The zero-order chi connectivity index (χ0) is 20.7. The van der Waals surface area contributed by atoms with Crippen molar-refractivity contribution in [1.29, 1.82) is 0 Å². The largest absolute Gasteiger partial charge is 0.395 e. The molecule has 162 valence electrons. The van der Waals surface area contributed by atoms with Gasteiger partial charge in [-0.15, -0.1) is 0 Å². The van der Waals surface area contributed by atoms with E-state index in [1.165, 1.54) is 12.8 Å². The Balaban J connectivity index is 1.43. The van der Waals surface area contributed by atoms with Gasteiger partial charge < -0.3 is 20.0 Å². The number of benzene rings is 1. The van der Waals surface area contributed by atoms with Crippen LogP contribution in [0.5, 0.6) is 0 Å². The first-order valence-corrected chi connectivity index (χ1v) is 11.4. The molecule has 1 aromatic carbocycles. The number of rotatable bonds is 6. The summed E-state index contributed by atoms with van der Waals surface area (Å²) in [5.41, 5.74) is 2.09. The fraction of sp³-hybridized carbons (Fsp3) is 0.652. The lowest BCUT2D eigenvalue weighted by molar-refractivity contribution is 0.0671. The van der Waals surface area contributed by atoms with Crippen molar-refractivity contribution in [3.05, 3.63) is 24.0 Å². The summed E-state index contributed by atoms with van der Waals surface area (Å²) in [5.74, 6) is 2.55. The van der Waals surface area contributed by atoms with Gasteiger partial charge in [-0.1, -0.05) is 0 Å². The van der Waals surface area contributed by atoms with E-state index in [-0.39, 0.29) is 12.7 Å². The van der Waals surface area contributed by atoms with Crippen LogP contribution in [0, 0.1) is 0 Å². The van der Waals surface area contributed by atoms with Gasteiger partial charge in [-0.05, 0) is 50.3 Å². The second-order valence-electron chi connectivity index (χ2n) is 9.11. The second-order valence-corrected chi connectivity index (χ2v) is 9.11. The summed E-state index contributed by atoms with van der Waals surface area (Å²) in [6.07, 6.45) is 5.41. The van der Waals surface area contributed by atoms with Crippen molar-refractivity contribution in [2.45, 2.75) is 50.2 Å². The number of fused-ring (bicyclic) bond motifs is 1. The number of aliphatic hydroxyl groups is 2. The molecule has 2 atom stereocenters. The third kappa shape index (κ3) is 3.86. The van der Waals surface area contributed by atoms with Crippen molar-refractivity contribution in [2.75, 3.05) is 56.2 Å². The minimum atomic E-state index is -0.164. The smallest absolute Gasteiger partial charge is 0.140 e. The molecule has 5 rings (SSSR count). The summed E-state index contributed by atoms with van der Waals surface area (Å²) in [6, 6.07) is 6.69. The molecule has 2 heterocycles. The Morgan fingerprint density at radius 3 is 2.53 bits per heavy atom. The van der Waals surface area contributed by atoms with E-state index in [4.69, 9.17) is 9.97 Å². The number of nitrogens with zero attached hydrogens (tertiary/aromatic N) is 5. The van der Waals surface area contributed by atoms with E-state index in [2.05, 4.69) is 32.9 Å².